The first-order valence-corrected chi connectivity index (χ1v) is 8.03. The lowest BCUT2D eigenvalue weighted by atomic mass is 10.0. The molecule has 2 aromatic carbocycles. The highest BCUT2D eigenvalue weighted by atomic mass is 19.1. The van der Waals surface area contributed by atoms with E-state index in [1.807, 2.05) is 0 Å². The lowest BCUT2D eigenvalue weighted by molar-refractivity contribution is 0.0697. The summed E-state index contributed by atoms with van der Waals surface area (Å²) in [4.78, 5) is 37.5. The average Bonchev–Trinajstić information content (AvgIpc) is 3.08. The molecule has 3 aromatic rings. The van der Waals surface area contributed by atoms with Gasteiger partial charge in [-0.1, -0.05) is 18.2 Å². The van der Waals surface area contributed by atoms with Crippen molar-refractivity contribution in [2.75, 3.05) is 10.6 Å². The summed E-state index contributed by atoms with van der Waals surface area (Å²) < 4.78 is 13.2. The molecule has 0 bridgehead atoms. The minimum absolute atomic E-state index is 0.0260. The summed E-state index contributed by atoms with van der Waals surface area (Å²) in [6, 6.07) is 11.0. The minimum Gasteiger partial charge on any atom is -0.478 e. The SMILES string of the molecule is NC(=O)c1[nH]cc(C(=O)O)c1-c1ccc(NC(=O)Nc2cccc(F)c2)cc1. The Morgan fingerprint density at radius 3 is 2.29 bits per heavy atom. The number of hydrogen-bond donors (Lipinski definition) is 5. The fraction of sp³-hybridized carbons (Fsp3) is 0. The van der Waals surface area contributed by atoms with Crippen molar-refractivity contribution in [1.29, 1.82) is 0 Å². The Labute approximate surface area is 158 Å². The van der Waals surface area contributed by atoms with Crippen LogP contribution in [-0.4, -0.2) is 28.0 Å². The van der Waals surface area contributed by atoms with Crippen molar-refractivity contribution in [3.63, 3.8) is 0 Å². The van der Waals surface area contributed by atoms with E-state index in [4.69, 9.17) is 5.73 Å². The molecule has 3 amide bonds. The predicted octanol–water partition coefficient (Wildman–Crippen LogP) is 3.26. The van der Waals surface area contributed by atoms with Crippen LogP contribution in [0.4, 0.5) is 20.6 Å². The van der Waals surface area contributed by atoms with E-state index in [0.717, 1.165) is 0 Å². The Balaban J connectivity index is 1.79. The Hall–Kier alpha value is -4.14. The van der Waals surface area contributed by atoms with Crippen molar-refractivity contribution in [3.8, 4) is 11.1 Å². The number of aromatic amines is 1. The number of carbonyl (C=O) groups excluding carboxylic acids is 2. The molecule has 0 saturated carbocycles. The predicted molar refractivity (Wildman–Crippen MR) is 101 cm³/mol. The van der Waals surface area contributed by atoms with Gasteiger partial charge in [-0.2, -0.15) is 0 Å². The molecule has 0 atom stereocenters. The first kappa shape index (κ1) is 18.6. The fourth-order valence-electron chi connectivity index (χ4n) is 2.67. The monoisotopic (exact) mass is 382 g/mol. The Morgan fingerprint density at radius 2 is 1.68 bits per heavy atom. The molecule has 142 valence electrons. The minimum atomic E-state index is -1.21. The quantitative estimate of drug-likeness (QED) is 0.462. The molecule has 8 nitrogen and oxygen atoms in total. The number of carboxylic acids is 1. The Bertz CT molecular complexity index is 1030. The number of rotatable bonds is 5. The summed E-state index contributed by atoms with van der Waals surface area (Å²) >= 11 is 0. The number of urea groups is 1. The second-order valence-electron chi connectivity index (χ2n) is 5.79. The maximum atomic E-state index is 13.2. The third kappa shape index (κ3) is 3.98. The second kappa shape index (κ2) is 7.62. The normalized spacial score (nSPS) is 10.3. The number of nitrogens with two attached hydrogens (primary N) is 1. The number of carboxylic acid groups (broad SMARTS) is 1. The molecule has 9 heteroatoms. The highest BCUT2D eigenvalue weighted by molar-refractivity contribution is 6.06. The van der Waals surface area contributed by atoms with Crippen LogP contribution in [0.3, 0.4) is 0 Å². The summed E-state index contributed by atoms with van der Waals surface area (Å²) in [5, 5.41) is 14.3. The zero-order valence-corrected chi connectivity index (χ0v) is 14.3. The number of aromatic nitrogens is 1. The standard InChI is InChI=1S/C19H15FN4O4/c20-11-2-1-3-13(8-11)24-19(28)23-12-6-4-10(5-7-12)15-14(18(26)27)9-22-16(15)17(21)25/h1-9,22H,(H2,21,25)(H,26,27)(H2,23,24,28). The third-order valence-electron chi connectivity index (χ3n) is 3.87. The molecule has 3 rings (SSSR count). The molecule has 0 saturated heterocycles. The molecule has 0 fully saturated rings. The summed E-state index contributed by atoms with van der Waals surface area (Å²) in [5.41, 5.74) is 6.46. The first-order chi connectivity index (χ1) is 13.3. The molecule has 0 aliphatic heterocycles. The van der Waals surface area contributed by atoms with Gasteiger partial charge < -0.3 is 26.5 Å². The van der Waals surface area contributed by atoms with Gasteiger partial charge >= 0.3 is 12.0 Å². The fourth-order valence-corrected chi connectivity index (χ4v) is 2.67. The van der Waals surface area contributed by atoms with Gasteiger partial charge in [-0.25, -0.2) is 14.0 Å². The van der Waals surface area contributed by atoms with Gasteiger partial charge in [0, 0.05) is 23.1 Å². The molecule has 6 N–H and O–H groups in total. The van der Waals surface area contributed by atoms with Crippen LogP contribution in [0.5, 0.6) is 0 Å². The van der Waals surface area contributed by atoms with E-state index in [1.165, 1.54) is 42.6 Å². The molecule has 0 aliphatic carbocycles. The number of anilines is 2. The van der Waals surface area contributed by atoms with Crippen molar-refractivity contribution in [3.05, 3.63) is 71.8 Å². The van der Waals surface area contributed by atoms with E-state index in [0.29, 0.717) is 16.9 Å². The molecular weight excluding hydrogens is 367 g/mol. The van der Waals surface area contributed by atoms with Gasteiger partial charge in [0.2, 0.25) is 0 Å². The molecule has 0 aliphatic rings. The van der Waals surface area contributed by atoms with Crippen LogP contribution in [0.25, 0.3) is 11.1 Å². The number of carbonyl (C=O) groups is 3. The largest absolute Gasteiger partial charge is 0.478 e. The van der Waals surface area contributed by atoms with Gasteiger partial charge in [-0.3, -0.25) is 4.79 Å². The zero-order valence-electron chi connectivity index (χ0n) is 14.3. The third-order valence-corrected chi connectivity index (χ3v) is 3.87. The van der Waals surface area contributed by atoms with E-state index in [-0.39, 0.29) is 16.8 Å². The summed E-state index contributed by atoms with van der Waals surface area (Å²) in [6.45, 7) is 0. The number of nitrogens with one attached hydrogen (secondary N) is 3. The molecular formula is C19H15FN4O4. The van der Waals surface area contributed by atoms with Crippen LogP contribution >= 0.6 is 0 Å². The molecule has 0 spiro atoms. The van der Waals surface area contributed by atoms with Gasteiger partial charge in [0.05, 0.1) is 5.56 Å². The van der Waals surface area contributed by atoms with Crippen molar-refractivity contribution in [2.24, 2.45) is 5.73 Å². The van der Waals surface area contributed by atoms with Gasteiger partial charge in [0.1, 0.15) is 11.5 Å². The maximum absolute atomic E-state index is 13.2. The molecule has 0 radical (unpaired) electrons. The number of primary amides is 1. The van der Waals surface area contributed by atoms with Crippen molar-refractivity contribution < 1.29 is 23.9 Å². The van der Waals surface area contributed by atoms with Gasteiger partial charge in [-0.15, -0.1) is 0 Å². The molecule has 0 unspecified atom stereocenters. The van der Waals surface area contributed by atoms with Crippen LogP contribution in [0, 0.1) is 5.82 Å². The Kier molecular flexibility index (Phi) is 5.07. The molecule has 28 heavy (non-hydrogen) atoms. The molecule has 1 heterocycles. The van der Waals surface area contributed by atoms with Crippen LogP contribution < -0.4 is 16.4 Å². The van der Waals surface area contributed by atoms with E-state index in [9.17, 15) is 23.9 Å². The maximum Gasteiger partial charge on any atom is 0.337 e. The Morgan fingerprint density at radius 1 is 1.00 bits per heavy atom. The topological polar surface area (TPSA) is 137 Å². The van der Waals surface area contributed by atoms with Gasteiger partial charge in [0.25, 0.3) is 5.91 Å². The highest BCUT2D eigenvalue weighted by Gasteiger charge is 2.21. The second-order valence-corrected chi connectivity index (χ2v) is 5.79. The van der Waals surface area contributed by atoms with Crippen molar-refractivity contribution >= 4 is 29.3 Å². The smallest absolute Gasteiger partial charge is 0.337 e. The van der Waals surface area contributed by atoms with Crippen molar-refractivity contribution in [1.82, 2.24) is 4.98 Å². The lowest BCUT2D eigenvalue weighted by Crippen LogP contribution is -2.19. The van der Waals surface area contributed by atoms with Crippen LogP contribution in [0.1, 0.15) is 20.8 Å². The highest BCUT2D eigenvalue weighted by Crippen LogP contribution is 2.29. The summed E-state index contributed by atoms with van der Waals surface area (Å²) in [6.07, 6.45) is 1.19. The van der Waals surface area contributed by atoms with Crippen LogP contribution in [0.2, 0.25) is 0 Å². The summed E-state index contributed by atoms with van der Waals surface area (Å²) in [7, 11) is 0. The van der Waals surface area contributed by atoms with E-state index >= 15 is 0 Å². The number of amides is 3. The molecule has 1 aromatic heterocycles. The number of halogens is 1. The number of aromatic carboxylic acids is 1. The van der Waals surface area contributed by atoms with E-state index in [2.05, 4.69) is 15.6 Å². The van der Waals surface area contributed by atoms with Gasteiger partial charge in [-0.05, 0) is 35.9 Å². The van der Waals surface area contributed by atoms with Crippen LogP contribution in [0.15, 0.2) is 54.7 Å². The number of H-pyrrole nitrogens is 1. The summed E-state index contributed by atoms with van der Waals surface area (Å²) in [5.74, 6) is -2.48. The van der Waals surface area contributed by atoms with Crippen LogP contribution in [-0.2, 0) is 0 Å². The van der Waals surface area contributed by atoms with Gasteiger partial charge in [0.15, 0.2) is 0 Å². The van der Waals surface area contributed by atoms with Crippen molar-refractivity contribution in [2.45, 2.75) is 0 Å². The number of hydrogen-bond acceptors (Lipinski definition) is 3. The zero-order chi connectivity index (χ0) is 20.3. The van der Waals surface area contributed by atoms with E-state index < -0.39 is 23.7 Å². The first-order valence-electron chi connectivity index (χ1n) is 8.03. The lowest BCUT2D eigenvalue weighted by Gasteiger charge is -2.09. The van der Waals surface area contributed by atoms with E-state index in [1.54, 1.807) is 12.1 Å². The number of benzene rings is 2. The average molecular weight is 382 g/mol.